The molecular weight excluding hydrogens is 349 g/mol. The molecule has 0 bridgehead atoms. The predicted octanol–water partition coefficient (Wildman–Crippen LogP) is 2.42. The average Bonchev–Trinajstić information content (AvgIpc) is 2.96. The zero-order valence-corrected chi connectivity index (χ0v) is 14.4. The van der Waals surface area contributed by atoms with Crippen molar-refractivity contribution in [2.24, 2.45) is 5.92 Å². The van der Waals surface area contributed by atoms with Crippen molar-refractivity contribution in [3.05, 3.63) is 28.2 Å². The highest BCUT2D eigenvalue weighted by Crippen LogP contribution is 2.24. The van der Waals surface area contributed by atoms with Gasteiger partial charge < -0.3 is 15.5 Å². The van der Waals surface area contributed by atoms with Crippen molar-refractivity contribution in [1.82, 2.24) is 10.2 Å². The van der Waals surface area contributed by atoms with E-state index in [1.807, 2.05) is 0 Å². The van der Waals surface area contributed by atoms with E-state index in [0.717, 1.165) is 13.0 Å². The Hall–Kier alpha value is -1.01. The van der Waals surface area contributed by atoms with Gasteiger partial charge >= 0.3 is 0 Å². The molecule has 1 aromatic carbocycles. The number of halogens is 3. The molecule has 8 heteroatoms. The summed E-state index contributed by atoms with van der Waals surface area (Å²) in [5, 5.41) is 6.63. The minimum absolute atomic E-state index is 0. The van der Waals surface area contributed by atoms with E-state index in [0.29, 0.717) is 22.3 Å². The van der Waals surface area contributed by atoms with Gasteiger partial charge in [0.15, 0.2) is 0 Å². The summed E-state index contributed by atoms with van der Waals surface area (Å²) in [5.41, 5.74) is 0.554. The first-order chi connectivity index (χ1) is 9.97. The van der Waals surface area contributed by atoms with E-state index in [1.54, 1.807) is 25.2 Å². The van der Waals surface area contributed by atoms with Crippen LogP contribution in [0.25, 0.3) is 0 Å². The van der Waals surface area contributed by atoms with Gasteiger partial charge in [0.2, 0.25) is 11.8 Å². The molecule has 1 aliphatic heterocycles. The van der Waals surface area contributed by atoms with Crippen molar-refractivity contribution >= 4 is 53.1 Å². The van der Waals surface area contributed by atoms with E-state index >= 15 is 0 Å². The van der Waals surface area contributed by atoms with E-state index in [-0.39, 0.29) is 36.7 Å². The first kappa shape index (κ1) is 19.0. The Kier molecular flexibility index (Phi) is 7.42. The van der Waals surface area contributed by atoms with Crippen LogP contribution in [0.2, 0.25) is 10.0 Å². The summed E-state index contributed by atoms with van der Waals surface area (Å²) in [4.78, 5) is 25.5. The minimum Gasteiger partial charge on any atom is -0.336 e. The normalized spacial score (nSPS) is 16.8. The van der Waals surface area contributed by atoms with Crippen molar-refractivity contribution in [1.29, 1.82) is 0 Å². The molecule has 0 radical (unpaired) electrons. The van der Waals surface area contributed by atoms with Crippen LogP contribution in [0.3, 0.4) is 0 Å². The summed E-state index contributed by atoms with van der Waals surface area (Å²) in [6.07, 6.45) is 0.817. The van der Waals surface area contributed by atoms with Crippen molar-refractivity contribution in [2.75, 3.05) is 32.0 Å². The van der Waals surface area contributed by atoms with E-state index in [4.69, 9.17) is 23.2 Å². The fourth-order valence-corrected chi connectivity index (χ4v) is 2.54. The largest absolute Gasteiger partial charge is 0.336 e. The molecular formula is C14H18Cl3N3O2. The van der Waals surface area contributed by atoms with Gasteiger partial charge in [-0.1, -0.05) is 23.2 Å². The molecule has 1 unspecified atom stereocenters. The summed E-state index contributed by atoms with van der Waals surface area (Å²) in [7, 11) is 1.63. The first-order valence-electron chi connectivity index (χ1n) is 6.68. The van der Waals surface area contributed by atoms with Crippen LogP contribution in [0.15, 0.2) is 18.2 Å². The molecule has 5 nitrogen and oxygen atoms in total. The Morgan fingerprint density at radius 3 is 2.68 bits per heavy atom. The van der Waals surface area contributed by atoms with Gasteiger partial charge in [-0.15, -0.1) is 12.4 Å². The molecule has 2 rings (SSSR count). The third kappa shape index (κ3) is 5.02. The van der Waals surface area contributed by atoms with Gasteiger partial charge in [-0.05, 0) is 31.2 Å². The second kappa shape index (κ2) is 8.58. The Balaban J connectivity index is 0.00000242. The van der Waals surface area contributed by atoms with Crippen LogP contribution in [0.5, 0.6) is 0 Å². The lowest BCUT2D eigenvalue weighted by Crippen LogP contribution is -2.39. The highest BCUT2D eigenvalue weighted by molar-refractivity contribution is 6.42. The fraction of sp³-hybridized carbons (Fsp3) is 0.429. The van der Waals surface area contributed by atoms with Gasteiger partial charge in [0, 0.05) is 19.3 Å². The molecule has 1 aromatic rings. The van der Waals surface area contributed by atoms with Crippen LogP contribution >= 0.6 is 35.6 Å². The molecule has 1 atom stereocenters. The Morgan fingerprint density at radius 2 is 2.09 bits per heavy atom. The maximum atomic E-state index is 12.1. The van der Waals surface area contributed by atoms with Crippen molar-refractivity contribution in [2.45, 2.75) is 6.42 Å². The van der Waals surface area contributed by atoms with Crippen LogP contribution in [0.4, 0.5) is 5.69 Å². The van der Waals surface area contributed by atoms with Gasteiger partial charge in [-0.3, -0.25) is 9.59 Å². The summed E-state index contributed by atoms with van der Waals surface area (Å²) in [5.74, 6) is -0.313. The van der Waals surface area contributed by atoms with E-state index in [9.17, 15) is 9.59 Å². The Bertz CT molecular complexity index is 548. The third-order valence-electron chi connectivity index (χ3n) is 3.37. The molecule has 0 aromatic heterocycles. The molecule has 22 heavy (non-hydrogen) atoms. The number of carbonyl (C=O) groups is 2. The zero-order valence-electron chi connectivity index (χ0n) is 12.1. The second-order valence-electron chi connectivity index (χ2n) is 5.06. The van der Waals surface area contributed by atoms with Crippen LogP contribution < -0.4 is 10.6 Å². The smallest absolute Gasteiger partial charge is 0.243 e. The van der Waals surface area contributed by atoms with Crippen LogP contribution in [0.1, 0.15) is 6.42 Å². The van der Waals surface area contributed by atoms with Gasteiger partial charge in [0.1, 0.15) is 0 Å². The van der Waals surface area contributed by atoms with Crippen LogP contribution in [-0.2, 0) is 9.59 Å². The summed E-state index contributed by atoms with van der Waals surface area (Å²) in [6, 6.07) is 4.85. The molecule has 0 aliphatic carbocycles. The molecule has 1 saturated heterocycles. The van der Waals surface area contributed by atoms with Crippen molar-refractivity contribution in [3.8, 4) is 0 Å². The number of anilines is 1. The highest BCUT2D eigenvalue weighted by Gasteiger charge is 2.26. The van der Waals surface area contributed by atoms with Crippen molar-refractivity contribution in [3.63, 3.8) is 0 Å². The predicted molar refractivity (Wildman–Crippen MR) is 91.0 cm³/mol. The van der Waals surface area contributed by atoms with Crippen molar-refractivity contribution < 1.29 is 9.59 Å². The lowest BCUT2D eigenvalue weighted by atomic mass is 10.1. The molecule has 1 aliphatic rings. The Labute approximate surface area is 145 Å². The lowest BCUT2D eigenvalue weighted by Gasteiger charge is -2.20. The zero-order chi connectivity index (χ0) is 15.4. The van der Waals surface area contributed by atoms with Gasteiger partial charge in [-0.2, -0.15) is 0 Å². The summed E-state index contributed by atoms with van der Waals surface area (Å²) in [6.45, 7) is 1.53. The molecule has 0 spiro atoms. The second-order valence-corrected chi connectivity index (χ2v) is 5.88. The van der Waals surface area contributed by atoms with Crippen LogP contribution in [0, 0.1) is 5.92 Å². The first-order valence-corrected chi connectivity index (χ1v) is 7.43. The van der Waals surface area contributed by atoms with Gasteiger partial charge in [0.25, 0.3) is 0 Å². The monoisotopic (exact) mass is 365 g/mol. The number of nitrogens with one attached hydrogen (secondary N) is 2. The number of nitrogens with zero attached hydrogens (tertiary/aromatic N) is 1. The molecule has 2 amide bonds. The van der Waals surface area contributed by atoms with E-state index in [2.05, 4.69) is 10.6 Å². The SMILES string of the molecule is CN(CC(=O)Nc1ccc(Cl)c(Cl)c1)C(=O)C1CCNC1.Cl. The number of carbonyl (C=O) groups excluding carboxylic acids is 2. The Morgan fingerprint density at radius 1 is 1.36 bits per heavy atom. The highest BCUT2D eigenvalue weighted by atomic mass is 35.5. The number of likely N-dealkylation sites (N-methyl/N-ethyl adjacent to an activating group) is 1. The summed E-state index contributed by atoms with van der Waals surface area (Å²) < 4.78 is 0. The average molecular weight is 367 g/mol. The molecule has 122 valence electrons. The number of rotatable bonds is 4. The third-order valence-corrected chi connectivity index (χ3v) is 4.11. The summed E-state index contributed by atoms with van der Waals surface area (Å²) >= 11 is 11.7. The lowest BCUT2D eigenvalue weighted by molar-refractivity contribution is -0.136. The van der Waals surface area contributed by atoms with E-state index in [1.165, 1.54) is 4.90 Å². The number of benzene rings is 1. The molecule has 1 fully saturated rings. The maximum Gasteiger partial charge on any atom is 0.243 e. The van der Waals surface area contributed by atoms with Crippen LogP contribution in [-0.4, -0.2) is 43.4 Å². The molecule has 2 N–H and O–H groups in total. The standard InChI is InChI=1S/C14H17Cl2N3O2.ClH/c1-19(14(21)9-4-5-17-7-9)8-13(20)18-10-2-3-11(15)12(16)6-10;/h2-3,6,9,17H,4-5,7-8H2,1H3,(H,18,20);1H. The topological polar surface area (TPSA) is 61.4 Å². The quantitative estimate of drug-likeness (QED) is 0.860. The number of amides is 2. The molecule has 1 heterocycles. The molecule has 0 saturated carbocycles. The maximum absolute atomic E-state index is 12.1. The fourth-order valence-electron chi connectivity index (χ4n) is 2.24. The van der Waals surface area contributed by atoms with Gasteiger partial charge in [-0.25, -0.2) is 0 Å². The number of hydrogen-bond acceptors (Lipinski definition) is 3. The van der Waals surface area contributed by atoms with E-state index < -0.39 is 0 Å². The number of hydrogen-bond donors (Lipinski definition) is 2. The minimum atomic E-state index is -0.268. The van der Waals surface area contributed by atoms with Gasteiger partial charge in [0.05, 0.1) is 22.5 Å².